The molecule has 4 atom stereocenters. The molecular weight excluding hydrogens is 300 g/mol. The van der Waals surface area contributed by atoms with E-state index in [0.29, 0.717) is 19.3 Å². The molecule has 1 N–H and O–H groups in total. The Bertz CT molecular complexity index is 504. The molecule has 132 valence electrons. The van der Waals surface area contributed by atoms with Crippen LogP contribution in [-0.2, 0) is 23.7 Å². The second-order valence-corrected chi connectivity index (χ2v) is 7.87. The number of aliphatic hydroxyl groups is 1. The number of carbonyl (C=O) groups excluding carboxylic acids is 1. The Morgan fingerprint density at radius 3 is 2.30 bits per heavy atom. The monoisotopic (exact) mass is 328 g/mol. The van der Waals surface area contributed by atoms with Crippen LogP contribution in [0, 0.1) is 0 Å². The van der Waals surface area contributed by atoms with E-state index in [1.165, 1.54) is 0 Å². The zero-order valence-corrected chi connectivity index (χ0v) is 14.8. The Kier molecular flexibility index (Phi) is 3.75. The van der Waals surface area contributed by atoms with Crippen molar-refractivity contribution < 1.29 is 28.8 Å². The maximum absolute atomic E-state index is 13.0. The molecule has 23 heavy (non-hydrogen) atoms. The number of ether oxygens (including phenoxy) is 4. The zero-order valence-electron chi connectivity index (χ0n) is 14.8. The van der Waals surface area contributed by atoms with Crippen molar-refractivity contribution in [2.45, 2.75) is 102 Å². The summed E-state index contributed by atoms with van der Waals surface area (Å²) in [4.78, 5) is 13.0. The van der Waals surface area contributed by atoms with Crippen LogP contribution in [0.1, 0.15) is 60.8 Å². The SMILES string of the molecule is CCC1(CC)OC2C(=O)[C@@H]3OC(C)(C)O[C@]3(C(C)(C)O)C[C@H]2O1. The van der Waals surface area contributed by atoms with Crippen molar-refractivity contribution in [3.8, 4) is 0 Å². The van der Waals surface area contributed by atoms with E-state index in [1.54, 1.807) is 27.7 Å². The lowest BCUT2D eigenvalue weighted by Crippen LogP contribution is -2.66. The fraction of sp³-hybridized carbons (Fsp3) is 0.941. The molecule has 0 aromatic heterocycles. The number of hydrogen-bond acceptors (Lipinski definition) is 6. The fourth-order valence-electron chi connectivity index (χ4n) is 4.12. The first-order valence-electron chi connectivity index (χ1n) is 8.49. The minimum absolute atomic E-state index is 0.197. The van der Waals surface area contributed by atoms with Crippen molar-refractivity contribution in [1.82, 2.24) is 0 Å². The van der Waals surface area contributed by atoms with Gasteiger partial charge in [0.1, 0.15) is 11.7 Å². The number of hydrogen-bond donors (Lipinski definition) is 1. The molecule has 0 bridgehead atoms. The van der Waals surface area contributed by atoms with Crippen LogP contribution in [-0.4, -0.2) is 52.0 Å². The Morgan fingerprint density at radius 2 is 1.78 bits per heavy atom. The van der Waals surface area contributed by atoms with Crippen LogP contribution in [0.25, 0.3) is 0 Å². The maximum atomic E-state index is 13.0. The number of ketones is 1. The first-order chi connectivity index (χ1) is 10.5. The molecule has 6 nitrogen and oxygen atoms in total. The molecule has 2 saturated heterocycles. The Balaban J connectivity index is 2.00. The highest BCUT2D eigenvalue weighted by Crippen LogP contribution is 2.53. The van der Waals surface area contributed by atoms with Crippen LogP contribution in [0.4, 0.5) is 0 Å². The van der Waals surface area contributed by atoms with Gasteiger partial charge < -0.3 is 24.1 Å². The summed E-state index contributed by atoms with van der Waals surface area (Å²) in [5.41, 5.74) is -2.38. The van der Waals surface area contributed by atoms with Gasteiger partial charge in [-0.25, -0.2) is 0 Å². The molecule has 6 heteroatoms. The van der Waals surface area contributed by atoms with E-state index in [2.05, 4.69) is 0 Å². The van der Waals surface area contributed by atoms with Crippen molar-refractivity contribution >= 4 is 5.78 Å². The summed E-state index contributed by atoms with van der Waals surface area (Å²) in [6, 6.07) is 0. The largest absolute Gasteiger partial charge is 0.387 e. The lowest BCUT2D eigenvalue weighted by atomic mass is 9.70. The minimum Gasteiger partial charge on any atom is -0.387 e. The number of carbonyl (C=O) groups is 1. The number of rotatable bonds is 3. The third kappa shape index (κ3) is 2.38. The topological polar surface area (TPSA) is 74.2 Å². The van der Waals surface area contributed by atoms with Gasteiger partial charge in [0.05, 0.1) is 11.7 Å². The molecule has 0 amide bonds. The molecule has 3 fully saturated rings. The van der Waals surface area contributed by atoms with Crippen LogP contribution < -0.4 is 0 Å². The summed E-state index contributed by atoms with van der Waals surface area (Å²) >= 11 is 0. The molecule has 0 radical (unpaired) electrons. The third-order valence-electron chi connectivity index (χ3n) is 5.45. The predicted octanol–water partition coefficient (Wildman–Crippen LogP) is 1.92. The molecule has 0 aromatic rings. The smallest absolute Gasteiger partial charge is 0.196 e. The fourth-order valence-corrected chi connectivity index (χ4v) is 4.12. The summed E-state index contributed by atoms with van der Waals surface area (Å²) in [5, 5.41) is 10.8. The van der Waals surface area contributed by atoms with Crippen molar-refractivity contribution in [2.24, 2.45) is 0 Å². The van der Waals surface area contributed by atoms with E-state index in [1.807, 2.05) is 13.8 Å². The molecule has 2 aliphatic heterocycles. The lowest BCUT2D eigenvalue weighted by Gasteiger charge is -2.46. The average Bonchev–Trinajstić information content (AvgIpc) is 2.94. The van der Waals surface area contributed by atoms with E-state index in [4.69, 9.17) is 18.9 Å². The van der Waals surface area contributed by atoms with E-state index in [0.717, 1.165) is 0 Å². The van der Waals surface area contributed by atoms with Crippen LogP contribution in [0.5, 0.6) is 0 Å². The molecule has 1 saturated carbocycles. The van der Waals surface area contributed by atoms with E-state index < -0.39 is 41.1 Å². The van der Waals surface area contributed by atoms with Gasteiger partial charge in [0, 0.05) is 6.42 Å². The van der Waals surface area contributed by atoms with Gasteiger partial charge >= 0.3 is 0 Å². The third-order valence-corrected chi connectivity index (χ3v) is 5.45. The highest BCUT2D eigenvalue weighted by Gasteiger charge is 2.70. The quantitative estimate of drug-likeness (QED) is 0.853. The van der Waals surface area contributed by atoms with Crippen LogP contribution in [0.3, 0.4) is 0 Å². The average molecular weight is 328 g/mol. The van der Waals surface area contributed by atoms with Crippen molar-refractivity contribution in [2.75, 3.05) is 0 Å². The summed E-state index contributed by atoms with van der Waals surface area (Å²) in [6.07, 6.45) is -0.251. The molecule has 1 unspecified atom stereocenters. The van der Waals surface area contributed by atoms with Crippen molar-refractivity contribution in [3.05, 3.63) is 0 Å². The highest BCUT2D eigenvalue weighted by atomic mass is 16.8. The van der Waals surface area contributed by atoms with Crippen molar-refractivity contribution in [3.63, 3.8) is 0 Å². The number of fused-ring (bicyclic) bond motifs is 2. The molecular formula is C17H28O6. The van der Waals surface area contributed by atoms with E-state index in [-0.39, 0.29) is 5.78 Å². The van der Waals surface area contributed by atoms with Gasteiger partial charge in [-0.05, 0) is 40.5 Å². The molecule has 3 rings (SSSR count). The van der Waals surface area contributed by atoms with E-state index >= 15 is 0 Å². The minimum atomic E-state index is -1.25. The molecule has 2 heterocycles. The Hall–Kier alpha value is -0.530. The number of Topliss-reactive ketones (excluding diaryl/α,β-unsaturated/α-hetero) is 1. The van der Waals surface area contributed by atoms with Gasteiger partial charge in [-0.3, -0.25) is 4.79 Å². The normalized spacial score (nSPS) is 41.7. The summed E-state index contributed by atoms with van der Waals surface area (Å²) < 4.78 is 24.1. The van der Waals surface area contributed by atoms with Gasteiger partial charge in [-0.1, -0.05) is 13.8 Å². The zero-order chi connectivity index (χ0) is 17.3. The van der Waals surface area contributed by atoms with Gasteiger partial charge in [0.2, 0.25) is 0 Å². The standard InChI is InChI=1S/C17H28O6/c1-7-16(8-2)20-10-9-17(14(3,4)19)13(11(18)12(10)21-16)22-15(5,6)23-17/h10,12-13,19H,7-9H2,1-6H3/t10-,12?,13+,17-/m1/s1. The maximum Gasteiger partial charge on any atom is 0.196 e. The lowest BCUT2D eigenvalue weighted by molar-refractivity contribution is -0.222. The summed E-state index contributed by atoms with van der Waals surface area (Å²) in [5.74, 6) is -1.87. The van der Waals surface area contributed by atoms with Crippen LogP contribution in [0.15, 0.2) is 0 Å². The summed E-state index contributed by atoms with van der Waals surface area (Å²) in [7, 11) is 0. The van der Waals surface area contributed by atoms with Gasteiger partial charge in [-0.2, -0.15) is 0 Å². The van der Waals surface area contributed by atoms with Crippen LogP contribution in [0.2, 0.25) is 0 Å². The van der Waals surface area contributed by atoms with Gasteiger partial charge in [0.25, 0.3) is 0 Å². The highest BCUT2D eigenvalue weighted by molar-refractivity contribution is 5.91. The van der Waals surface area contributed by atoms with Gasteiger partial charge in [0.15, 0.2) is 23.5 Å². The Morgan fingerprint density at radius 1 is 1.17 bits per heavy atom. The molecule has 1 aliphatic carbocycles. The Labute approximate surface area is 137 Å². The molecule has 0 spiro atoms. The second-order valence-electron chi connectivity index (χ2n) is 7.87. The van der Waals surface area contributed by atoms with Gasteiger partial charge in [-0.15, -0.1) is 0 Å². The molecule has 3 aliphatic rings. The van der Waals surface area contributed by atoms with Crippen LogP contribution >= 0.6 is 0 Å². The van der Waals surface area contributed by atoms with E-state index in [9.17, 15) is 9.90 Å². The first-order valence-corrected chi connectivity index (χ1v) is 8.49. The van der Waals surface area contributed by atoms with Crippen molar-refractivity contribution in [1.29, 1.82) is 0 Å². The predicted molar refractivity (Wildman–Crippen MR) is 81.7 cm³/mol. The second kappa shape index (κ2) is 4.99. The summed E-state index contributed by atoms with van der Waals surface area (Å²) in [6.45, 7) is 10.8. The molecule has 0 aromatic carbocycles. The first kappa shape index (κ1) is 17.3.